The molecule has 3 aromatic rings. The van der Waals surface area contributed by atoms with Crippen molar-refractivity contribution < 1.29 is 17.9 Å². The first-order chi connectivity index (χ1) is 13.3. The Morgan fingerprint density at radius 3 is 2.43 bits per heavy atom. The van der Waals surface area contributed by atoms with Gasteiger partial charge in [-0.25, -0.2) is 17.9 Å². The number of nitriles is 1. The molecule has 3 rings (SSSR count). The lowest BCUT2D eigenvalue weighted by molar-refractivity contribution is 0.0460. The summed E-state index contributed by atoms with van der Waals surface area (Å²) in [5, 5.41) is 13.8. The van der Waals surface area contributed by atoms with Crippen LogP contribution in [-0.2, 0) is 21.2 Å². The van der Waals surface area contributed by atoms with Crippen molar-refractivity contribution in [3.8, 4) is 11.8 Å². The van der Waals surface area contributed by atoms with Gasteiger partial charge in [-0.05, 0) is 31.2 Å². The smallest absolute Gasteiger partial charge is 0.339 e. The van der Waals surface area contributed by atoms with Crippen LogP contribution in [0.4, 0.5) is 0 Å². The number of carbonyl (C=O) groups excluding carboxylic acids is 1. The molecule has 0 aliphatic rings. The minimum Gasteiger partial charge on any atom is -0.455 e. The van der Waals surface area contributed by atoms with E-state index in [1.54, 1.807) is 17.7 Å². The molecule has 0 aliphatic carbocycles. The van der Waals surface area contributed by atoms with Gasteiger partial charge in [0.2, 0.25) is 0 Å². The van der Waals surface area contributed by atoms with E-state index in [-0.39, 0.29) is 17.1 Å². The Morgan fingerprint density at radius 1 is 1.14 bits per heavy atom. The fraction of sp³-hybridized carbons (Fsp3) is 0.150. The molecule has 1 aromatic heterocycles. The first-order valence-corrected chi connectivity index (χ1v) is 10.2. The number of sulfone groups is 1. The van der Waals surface area contributed by atoms with Crippen molar-refractivity contribution in [2.45, 2.75) is 18.4 Å². The van der Waals surface area contributed by atoms with Gasteiger partial charge in [-0.3, -0.25) is 0 Å². The number of carbonyl (C=O) groups is 1. The molecule has 0 saturated heterocycles. The Balaban J connectivity index is 1.94. The predicted octanol–water partition coefficient (Wildman–Crippen LogP) is 2.81. The van der Waals surface area contributed by atoms with Gasteiger partial charge in [0.25, 0.3) is 0 Å². The molecule has 2 aromatic carbocycles. The molecular formula is C20H17N3O4S. The first-order valence-electron chi connectivity index (χ1n) is 8.33. The number of hydrogen-bond acceptors (Lipinski definition) is 6. The van der Waals surface area contributed by atoms with E-state index in [1.807, 2.05) is 30.3 Å². The first kappa shape index (κ1) is 19.3. The highest BCUT2D eigenvalue weighted by molar-refractivity contribution is 7.90. The second-order valence-electron chi connectivity index (χ2n) is 6.11. The Kier molecular flexibility index (Phi) is 5.29. The van der Waals surface area contributed by atoms with Crippen molar-refractivity contribution in [1.82, 2.24) is 9.78 Å². The third-order valence-electron chi connectivity index (χ3n) is 4.12. The van der Waals surface area contributed by atoms with Crippen molar-refractivity contribution in [1.29, 1.82) is 5.26 Å². The molecule has 142 valence electrons. The predicted molar refractivity (Wildman–Crippen MR) is 102 cm³/mol. The van der Waals surface area contributed by atoms with Gasteiger partial charge in [0, 0.05) is 6.26 Å². The van der Waals surface area contributed by atoms with Crippen LogP contribution in [-0.4, -0.2) is 30.4 Å². The van der Waals surface area contributed by atoms with Crippen LogP contribution in [0.5, 0.6) is 0 Å². The summed E-state index contributed by atoms with van der Waals surface area (Å²) in [5.41, 5.74) is 1.90. The Bertz CT molecular complexity index is 1180. The number of aromatic nitrogens is 2. The highest BCUT2D eigenvalue weighted by Gasteiger charge is 2.22. The second-order valence-corrected chi connectivity index (χ2v) is 8.09. The van der Waals surface area contributed by atoms with Crippen LogP contribution in [0, 0.1) is 18.3 Å². The molecule has 0 radical (unpaired) electrons. The van der Waals surface area contributed by atoms with Crippen LogP contribution in [0.1, 0.15) is 27.3 Å². The van der Waals surface area contributed by atoms with Crippen LogP contribution >= 0.6 is 0 Å². The topological polar surface area (TPSA) is 102 Å². The van der Waals surface area contributed by atoms with E-state index in [0.29, 0.717) is 17.0 Å². The fourth-order valence-electron chi connectivity index (χ4n) is 2.81. The van der Waals surface area contributed by atoms with E-state index in [1.165, 1.54) is 18.2 Å². The number of aryl methyl sites for hydroxylation is 1. The summed E-state index contributed by atoms with van der Waals surface area (Å²) < 4.78 is 30.7. The van der Waals surface area contributed by atoms with Gasteiger partial charge in [-0.15, -0.1) is 0 Å². The number of benzene rings is 2. The number of para-hydroxylation sites is 1. The summed E-state index contributed by atoms with van der Waals surface area (Å²) in [4.78, 5) is 12.4. The molecule has 0 atom stereocenters. The number of nitrogens with zero attached hydrogens (tertiary/aromatic N) is 3. The lowest BCUT2D eigenvalue weighted by Gasteiger charge is -2.10. The Hall–Kier alpha value is -3.44. The van der Waals surface area contributed by atoms with Gasteiger partial charge >= 0.3 is 5.97 Å². The van der Waals surface area contributed by atoms with Crippen molar-refractivity contribution in [3.05, 3.63) is 77.1 Å². The molecule has 0 N–H and O–H groups in total. The zero-order valence-corrected chi connectivity index (χ0v) is 16.1. The highest BCUT2D eigenvalue weighted by Crippen LogP contribution is 2.21. The summed E-state index contributed by atoms with van der Waals surface area (Å²) in [6.07, 6.45) is 1.03. The van der Waals surface area contributed by atoms with Gasteiger partial charge in [0.15, 0.2) is 9.84 Å². The van der Waals surface area contributed by atoms with Gasteiger partial charge in [-0.1, -0.05) is 30.3 Å². The van der Waals surface area contributed by atoms with Gasteiger partial charge < -0.3 is 4.74 Å². The fourth-order valence-corrected chi connectivity index (χ4v) is 3.68. The normalized spacial score (nSPS) is 11.0. The van der Waals surface area contributed by atoms with Crippen molar-refractivity contribution in [2.24, 2.45) is 0 Å². The summed E-state index contributed by atoms with van der Waals surface area (Å²) >= 11 is 0. The Morgan fingerprint density at radius 2 is 1.79 bits per heavy atom. The number of rotatable bonds is 5. The molecular weight excluding hydrogens is 378 g/mol. The highest BCUT2D eigenvalue weighted by atomic mass is 32.2. The van der Waals surface area contributed by atoms with E-state index < -0.39 is 15.8 Å². The minimum absolute atomic E-state index is 0.0500. The van der Waals surface area contributed by atoms with Crippen LogP contribution in [0.2, 0.25) is 0 Å². The monoisotopic (exact) mass is 395 g/mol. The maximum absolute atomic E-state index is 12.5. The van der Waals surface area contributed by atoms with E-state index in [0.717, 1.165) is 11.9 Å². The summed E-state index contributed by atoms with van der Waals surface area (Å²) in [5.74, 6) is -0.789. The van der Waals surface area contributed by atoms with E-state index in [9.17, 15) is 18.5 Å². The van der Waals surface area contributed by atoms with E-state index in [2.05, 4.69) is 11.2 Å². The second kappa shape index (κ2) is 7.66. The lowest BCUT2D eigenvalue weighted by atomic mass is 10.2. The van der Waals surface area contributed by atoms with E-state index in [4.69, 9.17) is 4.74 Å². The van der Waals surface area contributed by atoms with Crippen molar-refractivity contribution in [3.63, 3.8) is 0 Å². The quantitative estimate of drug-likeness (QED) is 0.616. The Labute approximate surface area is 162 Å². The maximum atomic E-state index is 12.5. The molecule has 8 heteroatoms. The third kappa shape index (κ3) is 3.80. The van der Waals surface area contributed by atoms with Crippen molar-refractivity contribution in [2.75, 3.05) is 6.26 Å². The SMILES string of the molecule is Cc1nn(-c2ccccc2)c(COC(=O)c2ccccc2S(C)(=O)=O)c1C#N. The van der Waals surface area contributed by atoms with Crippen LogP contribution < -0.4 is 0 Å². The van der Waals surface area contributed by atoms with Gasteiger partial charge in [0.05, 0.1) is 27.5 Å². The van der Waals surface area contributed by atoms with E-state index >= 15 is 0 Å². The molecule has 0 saturated carbocycles. The molecule has 0 spiro atoms. The lowest BCUT2D eigenvalue weighted by Crippen LogP contribution is -2.13. The number of esters is 1. The molecule has 0 unspecified atom stereocenters. The molecule has 7 nitrogen and oxygen atoms in total. The molecule has 1 heterocycles. The molecule has 0 aliphatic heterocycles. The average Bonchev–Trinajstić information content (AvgIpc) is 3.01. The van der Waals surface area contributed by atoms with Crippen molar-refractivity contribution >= 4 is 15.8 Å². The number of hydrogen-bond donors (Lipinski definition) is 0. The van der Waals surface area contributed by atoms with Gasteiger partial charge in [0.1, 0.15) is 18.2 Å². The number of ether oxygens (including phenoxy) is 1. The van der Waals surface area contributed by atoms with Crippen LogP contribution in [0.15, 0.2) is 59.5 Å². The molecule has 0 bridgehead atoms. The minimum atomic E-state index is -3.59. The largest absolute Gasteiger partial charge is 0.455 e. The summed E-state index contributed by atoms with van der Waals surface area (Å²) in [7, 11) is -3.59. The van der Waals surface area contributed by atoms with Gasteiger partial charge in [-0.2, -0.15) is 10.4 Å². The van der Waals surface area contributed by atoms with Crippen LogP contribution in [0.25, 0.3) is 5.69 Å². The molecule has 0 amide bonds. The standard InChI is InChI=1S/C20H17N3O4S/c1-14-17(12-21)18(23(22-14)15-8-4-3-5-9-15)13-27-20(24)16-10-6-7-11-19(16)28(2,25)26/h3-11H,13H2,1-2H3. The zero-order valence-electron chi connectivity index (χ0n) is 15.3. The third-order valence-corrected chi connectivity index (χ3v) is 5.27. The summed E-state index contributed by atoms with van der Waals surface area (Å²) in [6, 6.07) is 17.1. The molecule has 0 fully saturated rings. The zero-order chi connectivity index (χ0) is 20.3. The maximum Gasteiger partial charge on any atom is 0.339 e. The van der Waals surface area contributed by atoms with Crippen LogP contribution in [0.3, 0.4) is 0 Å². The molecule has 28 heavy (non-hydrogen) atoms. The summed E-state index contributed by atoms with van der Waals surface area (Å²) in [6.45, 7) is 1.47. The average molecular weight is 395 g/mol.